The van der Waals surface area contributed by atoms with Crippen LogP contribution in [0.15, 0.2) is 0 Å². The molecule has 1 aliphatic rings. The summed E-state index contributed by atoms with van der Waals surface area (Å²) in [6.45, 7) is 0. The summed E-state index contributed by atoms with van der Waals surface area (Å²) >= 11 is 5.33. The van der Waals surface area contributed by atoms with Crippen molar-refractivity contribution in [1.29, 1.82) is 0 Å². The Morgan fingerprint density at radius 2 is 1.67 bits per heavy atom. The van der Waals surface area contributed by atoms with Crippen molar-refractivity contribution in [3.8, 4) is 0 Å². The number of halogens is 5. The van der Waals surface area contributed by atoms with Gasteiger partial charge in [0.1, 0.15) is 5.02 Å². The number of nitrogen functional groups attached to an aromatic ring is 1. The third kappa shape index (κ3) is 2.93. The summed E-state index contributed by atoms with van der Waals surface area (Å²) in [4.78, 5) is 14.3. The fourth-order valence-corrected chi connectivity index (χ4v) is 2.65. The minimum absolute atomic E-state index is 0.205. The van der Waals surface area contributed by atoms with Crippen molar-refractivity contribution in [2.75, 3.05) is 11.1 Å². The molecule has 0 spiro atoms. The zero-order chi connectivity index (χ0) is 17.5. The largest absolute Gasteiger partial charge is 0.368 e. The van der Waals surface area contributed by atoms with Gasteiger partial charge in [0, 0.05) is 0 Å². The number of hydrogen-bond acceptors (Lipinski definition) is 6. The van der Waals surface area contributed by atoms with Gasteiger partial charge in [-0.2, -0.15) is 24.3 Å². The highest BCUT2D eigenvalue weighted by atomic mass is 35.5. The van der Waals surface area contributed by atoms with Gasteiger partial charge in [-0.3, -0.25) is 0 Å². The van der Waals surface area contributed by atoms with Crippen LogP contribution in [-0.4, -0.2) is 19.9 Å². The van der Waals surface area contributed by atoms with Crippen LogP contribution in [-0.2, 0) is 5.67 Å². The normalized spacial score (nSPS) is 16.4. The predicted molar refractivity (Wildman–Crippen MR) is 77.9 cm³/mol. The first-order chi connectivity index (χ1) is 11.3. The fourth-order valence-electron chi connectivity index (χ4n) is 2.48. The minimum atomic E-state index is -1.76. The standard InChI is InChI=1S/C13H11ClF4N6/c14-5-6(15)8(17)20-9(7(5)16)21-12-23-10(22-11(19)24-12)13(18)3-1-2-4-13/h1-4H2,(H3,19,20,21,22,23,24). The van der Waals surface area contributed by atoms with E-state index in [9.17, 15) is 17.6 Å². The van der Waals surface area contributed by atoms with Crippen LogP contribution >= 0.6 is 11.6 Å². The summed E-state index contributed by atoms with van der Waals surface area (Å²) in [6.07, 6.45) is 1.78. The average molecular weight is 363 g/mol. The molecule has 0 aromatic carbocycles. The Bertz CT molecular complexity index is 797. The summed E-state index contributed by atoms with van der Waals surface area (Å²) in [5, 5.41) is 1.14. The molecule has 3 rings (SSSR count). The zero-order valence-electron chi connectivity index (χ0n) is 12.1. The number of hydrogen-bond donors (Lipinski definition) is 2. The number of alkyl halides is 1. The smallest absolute Gasteiger partial charge is 0.252 e. The maximum atomic E-state index is 14.7. The van der Waals surface area contributed by atoms with Gasteiger partial charge in [0.05, 0.1) is 0 Å². The van der Waals surface area contributed by atoms with E-state index in [4.69, 9.17) is 17.3 Å². The Morgan fingerprint density at radius 1 is 1.00 bits per heavy atom. The van der Waals surface area contributed by atoms with Crippen molar-refractivity contribution in [2.24, 2.45) is 0 Å². The molecule has 1 fully saturated rings. The lowest BCUT2D eigenvalue weighted by Crippen LogP contribution is -2.21. The average Bonchev–Trinajstić information content (AvgIpc) is 2.98. The van der Waals surface area contributed by atoms with Gasteiger partial charge in [-0.25, -0.2) is 13.2 Å². The first-order valence-corrected chi connectivity index (χ1v) is 7.36. The Morgan fingerprint density at radius 3 is 2.33 bits per heavy atom. The van der Waals surface area contributed by atoms with E-state index >= 15 is 0 Å². The van der Waals surface area contributed by atoms with Crippen molar-refractivity contribution in [3.63, 3.8) is 0 Å². The number of anilines is 3. The van der Waals surface area contributed by atoms with Crippen LogP contribution < -0.4 is 11.1 Å². The van der Waals surface area contributed by atoms with Gasteiger partial charge < -0.3 is 11.1 Å². The molecule has 0 aliphatic heterocycles. The van der Waals surface area contributed by atoms with E-state index in [0.29, 0.717) is 12.8 Å². The number of aromatic nitrogens is 4. The molecule has 0 unspecified atom stereocenters. The minimum Gasteiger partial charge on any atom is -0.368 e. The molecule has 24 heavy (non-hydrogen) atoms. The van der Waals surface area contributed by atoms with E-state index in [1.165, 1.54) is 0 Å². The SMILES string of the molecule is Nc1nc(Nc2nc(F)c(F)c(Cl)c2F)nc(C2(F)CCCC2)n1. The Hall–Kier alpha value is -2.23. The molecule has 2 aromatic heterocycles. The molecule has 0 radical (unpaired) electrons. The maximum Gasteiger partial charge on any atom is 0.252 e. The molecule has 1 saturated carbocycles. The summed E-state index contributed by atoms with van der Waals surface area (Å²) < 4.78 is 55.0. The summed E-state index contributed by atoms with van der Waals surface area (Å²) in [5.41, 5.74) is 3.76. The highest BCUT2D eigenvalue weighted by Crippen LogP contribution is 2.41. The highest BCUT2D eigenvalue weighted by Gasteiger charge is 2.39. The van der Waals surface area contributed by atoms with E-state index in [-0.39, 0.29) is 30.6 Å². The van der Waals surface area contributed by atoms with Crippen LogP contribution in [0.5, 0.6) is 0 Å². The summed E-state index contributed by atoms with van der Waals surface area (Å²) in [6, 6.07) is 0. The van der Waals surface area contributed by atoms with Crippen molar-refractivity contribution in [2.45, 2.75) is 31.4 Å². The van der Waals surface area contributed by atoms with Crippen LogP contribution in [0.1, 0.15) is 31.5 Å². The van der Waals surface area contributed by atoms with Gasteiger partial charge >= 0.3 is 0 Å². The molecule has 2 heterocycles. The number of nitrogens with two attached hydrogens (primary N) is 1. The molecular weight excluding hydrogens is 352 g/mol. The molecule has 2 aromatic rings. The third-order valence-electron chi connectivity index (χ3n) is 3.66. The van der Waals surface area contributed by atoms with Crippen molar-refractivity contribution < 1.29 is 17.6 Å². The van der Waals surface area contributed by atoms with Crippen LogP contribution in [0.25, 0.3) is 0 Å². The number of pyridine rings is 1. The van der Waals surface area contributed by atoms with Gasteiger partial charge in [0.2, 0.25) is 11.9 Å². The van der Waals surface area contributed by atoms with E-state index in [0.717, 1.165) is 0 Å². The molecule has 6 nitrogen and oxygen atoms in total. The van der Waals surface area contributed by atoms with Crippen molar-refractivity contribution >= 4 is 29.3 Å². The van der Waals surface area contributed by atoms with Crippen molar-refractivity contribution in [1.82, 2.24) is 19.9 Å². The van der Waals surface area contributed by atoms with Gasteiger partial charge in [-0.15, -0.1) is 0 Å². The monoisotopic (exact) mass is 362 g/mol. The van der Waals surface area contributed by atoms with Gasteiger partial charge in [-0.1, -0.05) is 11.6 Å². The van der Waals surface area contributed by atoms with E-state index in [1.54, 1.807) is 0 Å². The maximum absolute atomic E-state index is 14.7. The lowest BCUT2D eigenvalue weighted by molar-refractivity contribution is 0.161. The second kappa shape index (κ2) is 6.00. The zero-order valence-corrected chi connectivity index (χ0v) is 12.8. The quantitative estimate of drug-likeness (QED) is 0.642. The van der Waals surface area contributed by atoms with Gasteiger partial charge in [0.25, 0.3) is 5.95 Å². The second-order valence-electron chi connectivity index (χ2n) is 5.33. The molecule has 0 amide bonds. The molecule has 128 valence electrons. The highest BCUT2D eigenvalue weighted by molar-refractivity contribution is 6.31. The number of rotatable bonds is 3. The van der Waals surface area contributed by atoms with Crippen LogP contribution in [0.4, 0.5) is 35.3 Å². The lowest BCUT2D eigenvalue weighted by Gasteiger charge is -2.18. The predicted octanol–water partition coefficient (Wildman–Crippen LogP) is 3.40. The molecule has 0 saturated heterocycles. The topological polar surface area (TPSA) is 89.6 Å². The molecule has 3 N–H and O–H groups in total. The first-order valence-electron chi connectivity index (χ1n) is 6.98. The number of nitrogens with zero attached hydrogens (tertiary/aromatic N) is 4. The molecule has 11 heteroatoms. The Labute approximate surface area is 138 Å². The second-order valence-corrected chi connectivity index (χ2v) is 5.71. The lowest BCUT2D eigenvalue weighted by atomic mass is 10.0. The molecule has 0 bridgehead atoms. The van der Waals surface area contributed by atoms with E-state index < -0.39 is 34.1 Å². The Balaban J connectivity index is 1.98. The van der Waals surface area contributed by atoms with E-state index in [1.807, 2.05) is 0 Å². The first kappa shape index (κ1) is 16.6. The molecule has 1 aliphatic carbocycles. The van der Waals surface area contributed by atoms with Crippen molar-refractivity contribution in [3.05, 3.63) is 28.4 Å². The van der Waals surface area contributed by atoms with E-state index in [2.05, 4.69) is 25.3 Å². The summed E-state index contributed by atoms with van der Waals surface area (Å²) in [7, 11) is 0. The van der Waals surface area contributed by atoms with Gasteiger partial charge in [0.15, 0.2) is 28.9 Å². The third-order valence-corrected chi connectivity index (χ3v) is 4.00. The van der Waals surface area contributed by atoms with Crippen LogP contribution in [0.2, 0.25) is 5.02 Å². The van der Waals surface area contributed by atoms with Gasteiger partial charge in [-0.05, 0) is 25.7 Å². The molecule has 0 atom stereocenters. The molecular formula is C13H11ClF4N6. The fraction of sp³-hybridized carbons (Fsp3) is 0.385. The van der Waals surface area contributed by atoms with Crippen LogP contribution in [0.3, 0.4) is 0 Å². The number of nitrogens with one attached hydrogen (secondary N) is 1. The van der Waals surface area contributed by atoms with Crippen LogP contribution in [0, 0.1) is 17.6 Å². The Kier molecular flexibility index (Phi) is 4.16. The summed E-state index contributed by atoms with van der Waals surface area (Å²) in [5.74, 6) is -6.19.